The predicted molar refractivity (Wildman–Crippen MR) is 311 cm³/mol. The molecule has 0 aromatic carbocycles. The fourth-order valence-corrected chi connectivity index (χ4v) is 10.2. The van der Waals surface area contributed by atoms with Crippen molar-refractivity contribution in [2.75, 3.05) is 19.8 Å². The number of ether oxygens (including phenoxy) is 3. The van der Waals surface area contributed by atoms with Crippen LogP contribution in [0, 0.1) is 0 Å². The van der Waals surface area contributed by atoms with Crippen LogP contribution < -0.4 is 5.32 Å². The summed E-state index contributed by atoms with van der Waals surface area (Å²) in [4.78, 5) is 25.0. The summed E-state index contributed by atoms with van der Waals surface area (Å²) >= 11 is 0. The monoisotopic (exact) mass is 1060 g/mol. The molecule has 0 aromatic rings. The van der Waals surface area contributed by atoms with Crippen LogP contribution in [0.5, 0.6) is 0 Å². The average molecular weight is 1060 g/mol. The number of carbonyl (C=O) groups excluding carboxylic acids is 2. The molecular formula is C64H121NO10. The van der Waals surface area contributed by atoms with E-state index in [-0.39, 0.29) is 18.5 Å². The Morgan fingerprint density at radius 2 is 0.853 bits per heavy atom. The van der Waals surface area contributed by atoms with Gasteiger partial charge in [-0.25, -0.2) is 0 Å². The van der Waals surface area contributed by atoms with E-state index in [1.165, 1.54) is 225 Å². The molecule has 0 aromatic heterocycles. The van der Waals surface area contributed by atoms with E-state index in [4.69, 9.17) is 14.2 Å². The van der Waals surface area contributed by atoms with Crippen LogP contribution in [0.2, 0.25) is 0 Å². The number of hydrogen-bond acceptors (Lipinski definition) is 10. The fourth-order valence-electron chi connectivity index (χ4n) is 10.2. The number of hydrogen-bond donors (Lipinski definition) is 6. The summed E-state index contributed by atoms with van der Waals surface area (Å²) in [6.45, 7) is 4.34. The Morgan fingerprint density at radius 3 is 1.28 bits per heavy atom. The quantitative estimate of drug-likeness (QED) is 0.0195. The van der Waals surface area contributed by atoms with Crippen molar-refractivity contribution in [3.63, 3.8) is 0 Å². The summed E-state index contributed by atoms with van der Waals surface area (Å²) in [6, 6.07) is -0.811. The second kappa shape index (κ2) is 54.1. The molecule has 0 bridgehead atoms. The van der Waals surface area contributed by atoms with Crippen molar-refractivity contribution in [2.45, 2.75) is 352 Å². The van der Waals surface area contributed by atoms with Crippen LogP contribution in [-0.4, -0.2) is 100 Å². The van der Waals surface area contributed by atoms with E-state index in [1.54, 1.807) is 6.08 Å². The van der Waals surface area contributed by atoms with Gasteiger partial charge in [-0.05, 0) is 57.8 Å². The van der Waals surface area contributed by atoms with E-state index in [0.717, 1.165) is 57.8 Å². The van der Waals surface area contributed by atoms with Crippen LogP contribution in [0.25, 0.3) is 0 Å². The van der Waals surface area contributed by atoms with Gasteiger partial charge >= 0.3 is 5.97 Å². The number of aliphatic hydroxyl groups excluding tert-OH is 5. The van der Waals surface area contributed by atoms with Crippen molar-refractivity contribution in [1.82, 2.24) is 5.32 Å². The Labute approximate surface area is 461 Å². The number of amides is 1. The minimum Gasteiger partial charge on any atom is -0.466 e. The summed E-state index contributed by atoms with van der Waals surface area (Å²) < 4.78 is 16.7. The SMILES string of the molecule is CCCCCCCCCCC/C=C/C(O)C(COC1OC(CO)C(O)C(O)C1O)NC(=O)CCCCCCCCCCC/C=C\CCCCCCCCCCCCCCOC(=O)CCCCCCCCCCCCC. The number of unbranched alkanes of at least 4 members (excludes halogenated alkanes) is 40. The van der Waals surface area contributed by atoms with Crippen LogP contribution >= 0.6 is 0 Å². The topological polar surface area (TPSA) is 175 Å². The zero-order valence-corrected chi connectivity index (χ0v) is 48.8. The second-order valence-electron chi connectivity index (χ2n) is 22.5. The van der Waals surface area contributed by atoms with Gasteiger partial charge < -0.3 is 45.1 Å². The Kier molecular flexibility index (Phi) is 51.3. The van der Waals surface area contributed by atoms with Crippen molar-refractivity contribution in [3.05, 3.63) is 24.3 Å². The molecule has 11 heteroatoms. The molecule has 6 N–H and O–H groups in total. The summed E-state index contributed by atoms with van der Waals surface area (Å²) in [5.74, 6) is -0.182. The lowest BCUT2D eigenvalue weighted by Gasteiger charge is -2.40. The molecule has 1 heterocycles. The molecule has 442 valence electrons. The van der Waals surface area contributed by atoms with Gasteiger partial charge in [0.25, 0.3) is 0 Å². The van der Waals surface area contributed by atoms with Crippen LogP contribution in [0.3, 0.4) is 0 Å². The maximum absolute atomic E-state index is 13.0. The average Bonchev–Trinajstić information content (AvgIpc) is 3.41. The molecule has 0 spiro atoms. The first-order valence-electron chi connectivity index (χ1n) is 32.1. The molecule has 0 radical (unpaired) electrons. The normalized spacial score (nSPS) is 18.8. The summed E-state index contributed by atoms with van der Waals surface area (Å²) in [5, 5.41) is 54.3. The van der Waals surface area contributed by atoms with Crippen LogP contribution in [0.4, 0.5) is 0 Å². The molecule has 7 unspecified atom stereocenters. The summed E-state index contributed by atoms with van der Waals surface area (Å²) in [6.07, 6.45) is 55.7. The van der Waals surface area contributed by atoms with E-state index < -0.39 is 49.5 Å². The first-order valence-corrected chi connectivity index (χ1v) is 32.1. The van der Waals surface area contributed by atoms with E-state index in [2.05, 4.69) is 31.3 Å². The highest BCUT2D eigenvalue weighted by Gasteiger charge is 2.44. The Balaban J connectivity index is 2.01. The van der Waals surface area contributed by atoms with Crippen LogP contribution in [0.15, 0.2) is 24.3 Å². The molecule has 1 aliphatic rings. The Morgan fingerprint density at radius 1 is 0.480 bits per heavy atom. The maximum atomic E-state index is 13.0. The van der Waals surface area contributed by atoms with E-state index in [0.29, 0.717) is 19.4 Å². The highest BCUT2D eigenvalue weighted by molar-refractivity contribution is 5.76. The maximum Gasteiger partial charge on any atom is 0.305 e. The minimum atomic E-state index is -1.57. The third kappa shape index (κ3) is 43.7. The largest absolute Gasteiger partial charge is 0.466 e. The molecule has 1 saturated heterocycles. The zero-order chi connectivity index (χ0) is 54.5. The second-order valence-corrected chi connectivity index (χ2v) is 22.5. The van der Waals surface area contributed by atoms with Crippen molar-refractivity contribution in [1.29, 1.82) is 0 Å². The van der Waals surface area contributed by atoms with Gasteiger partial charge in [0.1, 0.15) is 24.4 Å². The van der Waals surface area contributed by atoms with E-state index in [1.807, 2.05) is 6.08 Å². The third-order valence-corrected chi connectivity index (χ3v) is 15.3. The van der Waals surface area contributed by atoms with Crippen molar-refractivity contribution >= 4 is 11.9 Å². The molecule has 1 aliphatic heterocycles. The van der Waals surface area contributed by atoms with E-state index in [9.17, 15) is 35.1 Å². The minimum absolute atomic E-state index is 0.00278. The van der Waals surface area contributed by atoms with Crippen LogP contribution in [-0.2, 0) is 23.8 Å². The van der Waals surface area contributed by atoms with Gasteiger partial charge in [-0.2, -0.15) is 0 Å². The molecule has 1 rings (SSSR count). The first-order chi connectivity index (χ1) is 36.7. The van der Waals surface area contributed by atoms with Gasteiger partial charge in [0.15, 0.2) is 6.29 Å². The van der Waals surface area contributed by atoms with Crippen molar-refractivity contribution < 1.29 is 49.3 Å². The fraction of sp³-hybridized carbons (Fsp3) is 0.906. The van der Waals surface area contributed by atoms with Crippen molar-refractivity contribution in [3.8, 4) is 0 Å². The number of esters is 1. The molecule has 75 heavy (non-hydrogen) atoms. The van der Waals surface area contributed by atoms with E-state index >= 15 is 0 Å². The number of rotatable bonds is 56. The number of carbonyl (C=O) groups is 2. The van der Waals surface area contributed by atoms with Gasteiger partial charge in [0.2, 0.25) is 5.91 Å². The van der Waals surface area contributed by atoms with Gasteiger partial charge in [0.05, 0.1) is 32.0 Å². The smallest absolute Gasteiger partial charge is 0.305 e. The highest BCUT2D eigenvalue weighted by atomic mass is 16.7. The number of aliphatic hydroxyl groups is 5. The molecule has 0 saturated carbocycles. The molecule has 1 amide bonds. The van der Waals surface area contributed by atoms with Crippen molar-refractivity contribution in [2.24, 2.45) is 0 Å². The lowest BCUT2D eigenvalue weighted by molar-refractivity contribution is -0.302. The number of nitrogens with one attached hydrogen (secondary N) is 1. The lowest BCUT2D eigenvalue weighted by atomic mass is 9.99. The highest BCUT2D eigenvalue weighted by Crippen LogP contribution is 2.23. The zero-order valence-electron chi connectivity index (χ0n) is 48.8. The third-order valence-electron chi connectivity index (χ3n) is 15.3. The van der Waals surface area contributed by atoms with Gasteiger partial charge in [-0.15, -0.1) is 0 Å². The van der Waals surface area contributed by atoms with Gasteiger partial charge in [-0.3, -0.25) is 9.59 Å². The molecular weight excluding hydrogens is 943 g/mol. The first kappa shape index (κ1) is 71.2. The van der Waals surface area contributed by atoms with Gasteiger partial charge in [0, 0.05) is 12.8 Å². The standard InChI is InChI=1S/C64H121NO10/c1-3-5-7-9-11-13-30-34-38-42-46-50-57(67)56(55-74-64-63(72)62(71)61(70)58(54-66)75-64)65-59(68)51-47-43-39-35-32-28-26-24-22-20-18-16-15-17-19-21-23-25-27-29-33-37-41-45-49-53-73-60(69)52-48-44-40-36-31-14-12-10-8-6-4-2/h16,18,46,50,56-58,61-64,66-67,70-72H,3-15,17,19-45,47-49,51-55H2,1-2H3,(H,65,68)/b18-16-,50-46+. The Bertz CT molecular complexity index is 1300. The lowest BCUT2D eigenvalue weighted by Crippen LogP contribution is -2.60. The number of allylic oxidation sites excluding steroid dienone is 3. The molecule has 1 fully saturated rings. The molecule has 11 nitrogen and oxygen atoms in total. The molecule has 7 atom stereocenters. The Hall–Kier alpha value is -1.86. The summed E-state index contributed by atoms with van der Waals surface area (Å²) in [7, 11) is 0. The van der Waals surface area contributed by atoms with Gasteiger partial charge in [-0.1, -0.05) is 263 Å². The predicted octanol–water partition coefficient (Wildman–Crippen LogP) is 15.3. The summed E-state index contributed by atoms with van der Waals surface area (Å²) in [5.41, 5.74) is 0. The molecule has 0 aliphatic carbocycles. The van der Waals surface area contributed by atoms with Crippen LogP contribution in [0.1, 0.15) is 309 Å².